The van der Waals surface area contributed by atoms with Gasteiger partial charge in [0.15, 0.2) is 0 Å². The van der Waals surface area contributed by atoms with Gasteiger partial charge in [-0.2, -0.15) is 4.79 Å². The fourth-order valence-corrected chi connectivity index (χ4v) is 3.24. The third-order valence-electron chi connectivity index (χ3n) is 4.72. The van der Waals surface area contributed by atoms with E-state index in [-0.39, 0.29) is 18.5 Å². The van der Waals surface area contributed by atoms with Gasteiger partial charge in [-0.05, 0) is 25.3 Å². The first kappa shape index (κ1) is 20.9. The standard InChI is InChI=1S/C17H18N4O7/c1-8(22)12-13(19-16(12)24)11(15(23)14(20-18)17(25)26)7-4-9-2-5-10(6-3-9)21(27)28/h2-3,5-6,8,11-13,22H,4,7H2,1H3,(H,19,24)(H,25,26)/t8-,11-,12-,13-/m1/s1. The van der Waals surface area contributed by atoms with E-state index >= 15 is 0 Å². The third kappa shape index (κ3) is 4.27. The number of nitrogens with one attached hydrogen (secondary N) is 1. The van der Waals surface area contributed by atoms with Gasteiger partial charge < -0.3 is 21.1 Å². The summed E-state index contributed by atoms with van der Waals surface area (Å²) in [5, 5.41) is 32.0. The summed E-state index contributed by atoms with van der Waals surface area (Å²) >= 11 is 0. The van der Waals surface area contributed by atoms with Crippen LogP contribution in [-0.4, -0.2) is 55.4 Å². The predicted molar refractivity (Wildman–Crippen MR) is 93.3 cm³/mol. The number of aliphatic hydroxyl groups excluding tert-OH is 1. The van der Waals surface area contributed by atoms with Crippen molar-refractivity contribution in [2.24, 2.45) is 11.8 Å². The van der Waals surface area contributed by atoms with Crippen LogP contribution in [0.15, 0.2) is 24.3 Å². The first-order chi connectivity index (χ1) is 13.2. The van der Waals surface area contributed by atoms with Gasteiger partial charge in [0.1, 0.15) is 0 Å². The Morgan fingerprint density at radius 2 is 1.96 bits per heavy atom. The molecule has 11 heteroatoms. The molecule has 11 nitrogen and oxygen atoms in total. The number of amides is 1. The lowest BCUT2D eigenvalue weighted by molar-refractivity contribution is -0.384. The molecule has 0 aliphatic carbocycles. The molecule has 1 aromatic carbocycles. The van der Waals surface area contributed by atoms with Crippen LogP contribution in [0.25, 0.3) is 5.53 Å². The number of rotatable bonds is 9. The number of aliphatic carboxylic acids is 1. The SMILES string of the molecule is C[C@@H](O)[C@H]1C(=O)N[C@@H]1[C@@H](CCc1ccc([N+](=O)[O-])cc1)C(=O)C(=[N+]=[N-])C(=O)O. The average molecular weight is 390 g/mol. The second-order valence-electron chi connectivity index (χ2n) is 6.49. The second-order valence-corrected chi connectivity index (χ2v) is 6.49. The van der Waals surface area contributed by atoms with Crippen LogP contribution in [0, 0.1) is 22.0 Å². The van der Waals surface area contributed by atoms with Crippen molar-refractivity contribution in [2.45, 2.75) is 31.9 Å². The molecular formula is C17H18N4O7. The molecule has 0 spiro atoms. The number of carbonyl (C=O) groups is 3. The topological polar surface area (TPSA) is 183 Å². The number of nitrogens with zero attached hydrogens (tertiary/aromatic N) is 3. The summed E-state index contributed by atoms with van der Waals surface area (Å²) in [6.45, 7) is 1.38. The molecule has 3 N–H and O–H groups in total. The monoisotopic (exact) mass is 390 g/mol. The Morgan fingerprint density at radius 3 is 2.39 bits per heavy atom. The number of β-lactam (4-membered cyclic amide) rings is 1. The maximum atomic E-state index is 12.6. The van der Waals surface area contributed by atoms with Crippen LogP contribution in [-0.2, 0) is 20.8 Å². The molecule has 1 aliphatic rings. The van der Waals surface area contributed by atoms with Gasteiger partial charge in [0.05, 0.1) is 28.9 Å². The van der Waals surface area contributed by atoms with Crippen LogP contribution in [0.3, 0.4) is 0 Å². The lowest BCUT2D eigenvalue weighted by atomic mass is 9.73. The van der Waals surface area contributed by atoms with Crippen molar-refractivity contribution < 1.29 is 34.3 Å². The summed E-state index contributed by atoms with van der Waals surface area (Å²) in [4.78, 5) is 48.2. The summed E-state index contributed by atoms with van der Waals surface area (Å²) in [5.41, 5.74) is 8.35. The highest BCUT2D eigenvalue weighted by Gasteiger charge is 2.51. The molecule has 4 atom stereocenters. The predicted octanol–water partition coefficient (Wildman–Crippen LogP) is -0.0365. The first-order valence-corrected chi connectivity index (χ1v) is 8.38. The van der Waals surface area contributed by atoms with Gasteiger partial charge in [-0.3, -0.25) is 19.7 Å². The van der Waals surface area contributed by atoms with Crippen molar-refractivity contribution in [2.75, 3.05) is 0 Å². The van der Waals surface area contributed by atoms with Crippen LogP contribution in [0.5, 0.6) is 0 Å². The molecule has 0 aromatic heterocycles. The van der Waals surface area contributed by atoms with Crippen LogP contribution in [0.4, 0.5) is 5.69 Å². The van der Waals surface area contributed by atoms with Crippen LogP contribution in [0.1, 0.15) is 18.9 Å². The van der Waals surface area contributed by atoms with Gasteiger partial charge in [-0.15, -0.1) is 0 Å². The number of ketones is 1. The molecule has 148 valence electrons. The van der Waals surface area contributed by atoms with E-state index in [0.29, 0.717) is 5.56 Å². The van der Waals surface area contributed by atoms with Crippen LogP contribution < -0.4 is 5.32 Å². The van der Waals surface area contributed by atoms with Crippen LogP contribution in [0.2, 0.25) is 0 Å². The van der Waals surface area contributed by atoms with E-state index in [1.165, 1.54) is 31.2 Å². The van der Waals surface area contributed by atoms with E-state index in [9.17, 15) is 29.6 Å². The number of carbonyl (C=O) groups excluding carboxylic acids is 2. The third-order valence-corrected chi connectivity index (χ3v) is 4.72. The van der Waals surface area contributed by atoms with Gasteiger partial charge in [0.2, 0.25) is 5.91 Å². The normalized spacial score (nSPS) is 20.1. The lowest BCUT2D eigenvalue weighted by Gasteiger charge is -2.42. The lowest BCUT2D eigenvalue weighted by Crippen LogP contribution is -2.66. The van der Waals surface area contributed by atoms with Crippen molar-refractivity contribution in [1.29, 1.82) is 0 Å². The average Bonchev–Trinajstić information content (AvgIpc) is 2.60. The largest absolute Gasteiger partial charge is 0.472 e. The van der Waals surface area contributed by atoms with E-state index in [4.69, 9.17) is 10.6 Å². The Morgan fingerprint density at radius 1 is 1.36 bits per heavy atom. The van der Waals surface area contributed by atoms with Gasteiger partial charge in [-0.25, -0.2) is 4.79 Å². The summed E-state index contributed by atoms with van der Waals surface area (Å²) < 4.78 is 0. The minimum atomic E-state index is -1.72. The van der Waals surface area contributed by atoms with E-state index in [1.807, 2.05) is 0 Å². The number of hydrogen-bond donors (Lipinski definition) is 3. The molecule has 2 rings (SSSR count). The quantitative estimate of drug-likeness (QED) is 0.100. The van der Waals surface area contributed by atoms with Crippen LogP contribution >= 0.6 is 0 Å². The van der Waals surface area contributed by atoms with Gasteiger partial charge in [-0.1, -0.05) is 12.1 Å². The molecule has 1 aromatic rings. The van der Waals surface area contributed by atoms with Gasteiger partial charge in [0, 0.05) is 12.1 Å². The molecule has 28 heavy (non-hydrogen) atoms. The van der Waals surface area contributed by atoms with Gasteiger partial charge >= 0.3 is 11.7 Å². The zero-order chi connectivity index (χ0) is 21.0. The summed E-state index contributed by atoms with van der Waals surface area (Å²) in [6.07, 6.45) is -0.754. The number of benzene rings is 1. The number of carboxylic acid groups (broad SMARTS) is 1. The molecule has 0 bridgehead atoms. The fraction of sp³-hybridized carbons (Fsp3) is 0.412. The molecular weight excluding hydrogens is 372 g/mol. The fourth-order valence-electron chi connectivity index (χ4n) is 3.24. The van der Waals surface area contributed by atoms with Crippen molar-refractivity contribution >= 4 is 29.1 Å². The number of carboxylic acids is 1. The Labute approximate surface area is 158 Å². The Balaban J connectivity index is 2.24. The second kappa shape index (κ2) is 8.51. The smallest absolute Gasteiger partial charge is 0.441 e. The maximum Gasteiger partial charge on any atom is 0.441 e. The molecule has 0 unspecified atom stereocenters. The summed E-state index contributed by atoms with van der Waals surface area (Å²) in [6, 6.07) is 4.78. The number of nitro groups is 1. The zero-order valence-corrected chi connectivity index (χ0v) is 14.8. The molecule has 1 aliphatic heterocycles. The first-order valence-electron chi connectivity index (χ1n) is 8.38. The van der Waals surface area contributed by atoms with E-state index in [2.05, 4.69) is 10.1 Å². The van der Waals surface area contributed by atoms with Crippen molar-refractivity contribution in [3.8, 4) is 0 Å². The maximum absolute atomic E-state index is 12.6. The molecule has 0 radical (unpaired) electrons. The van der Waals surface area contributed by atoms with Crippen molar-refractivity contribution in [1.82, 2.24) is 5.32 Å². The summed E-state index contributed by atoms with van der Waals surface area (Å²) in [7, 11) is 0. The minimum Gasteiger partial charge on any atom is -0.472 e. The highest BCUT2D eigenvalue weighted by atomic mass is 16.6. The number of aliphatic hydroxyl groups is 1. The van der Waals surface area contributed by atoms with E-state index in [0.717, 1.165) is 0 Å². The number of nitro benzene ring substituents is 1. The minimum absolute atomic E-state index is 0.0666. The number of non-ortho nitro benzene ring substituents is 1. The van der Waals surface area contributed by atoms with E-state index < -0.39 is 52.3 Å². The molecule has 1 heterocycles. The highest BCUT2D eigenvalue weighted by Crippen LogP contribution is 2.29. The Bertz CT molecular complexity index is 859. The van der Waals surface area contributed by atoms with E-state index in [1.54, 1.807) is 0 Å². The van der Waals surface area contributed by atoms with Gasteiger partial charge in [0.25, 0.3) is 11.5 Å². The highest BCUT2D eigenvalue weighted by molar-refractivity contribution is 6.62. The Hall–Kier alpha value is -3.43. The number of Topliss-reactive ketones (excluding diaryl/α,β-unsaturated/α-hetero) is 1. The number of hydrogen-bond acceptors (Lipinski definition) is 6. The molecule has 1 amide bonds. The van der Waals surface area contributed by atoms with Crippen molar-refractivity contribution in [3.63, 3.8) is 0 Å². The summed E-state index contributed by atoms with van der Waals surface area (Å²) in [5.74, 6) is -5.13. The number of aryl methyl sites for hydroxylation is 1. The molecule has 1 saturated heterocycles. The molecule has 0 saturated carbocycles. The van der Waals surface area contributed by atoms with Crippen molar-refractivity contribution in [3.05, 3.63) is 45.5 Å². The molecule has 1 fully saturated rings. The Kier molecular flexibility index (Phi) is 6.34. The zero-order valence-electron chi connectivity index (χ0n) is 14.8.